The van der Waals surface area contributed by atoms with E-state index in [-0.39, 0.29) is 18.1 Å². The first-order valence-corrected chi connectivity index (χ1v) is 9.83. The summed E-state index contributed by atoms with van der Waals surface area (Å²) < 4.78 is 10.9. The SMILES string of the molecule is NC(=O)c1cc(COC(=O)NCCC2CCN(c3ccc(Br)cn3)CC2)on1. The number of amides is 2. The Morgan fingerprint density at radius 3 is 2.79 bits per heavy atom. The maximum absolute atomic E-state index is 11.8. The standard InChI is InChI=1S/C18H22BrN5O4/c19-13-1-2-16(22-10-13)24-7-4-12(5-8-24)3-6-21-18(26)27-11-14-9-15(17(20)25)23-28-14/h1-2,9-10,12H,3-8,11H2,(H2,20,25)(H,21,26). The van der Waals surface area contributed by atoms with Gasteiger partial charge in [-0.1, -0.05) is 5.16 Å². The van der Waals surface area contributed by atoms with Gasteiger partial charge >= 0.3 is 6.09 Å². The molecule has 2 amide bonds. The Morgan fingerprint density at radius 1 is 1.36 bits per heavy atom. The minimum absolute atomic E-state index is 0.00341. The van der Waals surface area contributed by atoms with Crippen molar-refractivity contribution in [3.8, 4) is 0 Å². The summed E-state index contributed by atoms with van der Waals surface area (Å²) in [5, 5.41) is 6.21. The van der Waals surface area contributed by atoms with Crippen molar-refractivity contribution >= 4 is 33.7 Å². The first-order chi connectivity index (χ1) is 13.5. The van der Waals surface area contributed by atoms with Crippen LogP contribution in [-0.2, 0) is 11.3 Å². The third-order valence-corrected chi connectivity index (χ3v) is 5.10. The predicted molar refractivity (Wildman–Crippen MR) is 105 cm³/mol. The summed E-state index contributed by atoms with van der Waals surface area (Å²) in [6.07, 6.45) is 4.29. The molecular formula is C18H22BrN5O4. The van der Waals surface area contributed by atoms with Gasteiger partial charge in [0.05, 0.1) is 0 Å². The van der Waals surface area contributed by atoms with E-state index in [1.54, 1.807) is 0 Å². The number of aromatic nitrogens is 2. The number of primary amides is 1. The number of pyridine rings is 1. The summed E-state index contributed by atoms with van der Waals surface area (Å²) in [4.78, 5) is 29.4. The summed E-state index contributed by atoms with van der Waals surface area (Å²) in [6, 6.07) is 5.37. The average molecular weight is 452 g/mol. The molecule has 1 saturated heterocycles. The smallest absolute Gasteiger partial charge is 0.407 e. The molecule has 0 saturated carbocycles. The van der Waals surface area contributed by atoms with Crippen LogP contribution in [-0.4, -0.2) is 41.8 Å². The lowest BCUT2D eigenvalue weighted by Crippen LogP contribution is -2.35. The van der Waals surface area contributed by atoms with Crippen molar-refractivity contribution in [3.63, 3.8) is 0 Å². The largest absolute Gasteiger partial charge is 0.441 e. The molecule has 9 nitrogen and oxygen atoms in total. The fraction of sp³-hybridized carbons (Fsp3) is 0.444. The van der Waals surface area contributed by atoms with Gasteiger partial charge in [0, 0.05) is 36.4 Å². The van der Waals surface area contributed by atoms with Crippen LogP contribution in [0.5, 0.6) is 0 Å². The summed E-state index contributed by atoms with van der Waals surface area (Å²) in [5.41, 5.74) is 5.08. The minimum atomic E-state index is -0.693. The molecule has 1 aliphatic heterocycles. The molecule has 3 heterocycles. The van der Waals surface area contributed by atoms with Gasteiger partial charge in [0.25, 0.3) is 5.91 Å². The van der Waals surface area contributed by atoms with Gasteiger partial charge in [-0.2, -0.15) is 0 Å². The van der Waals surface area contributed by atoms with E-state index >= 15 is 0 Å². The van der Waals surface area contributed by atoms with Crippen LogP contribution in [0, 0.1) is 5.92 Å². The zero-order valence-corrected chi connectivity index (χ0v) is 16.9. The molecule has 0 radical (unpaired) electrons. The number of carbonyl (C=O) groups is 2. The second-order valence-corrected chi connectivity index (χ2v) is 7.52. The van der Waals surface area contributed by atoms with Crippen molar-refractivity contribution in [1.29, 1.82) is 0 Å². The zero-order chi connectivity index (χ0) is 19.9. The zero-order valence-electron chi connectivity index (χ0n) is 15.3. The Labute approximate surface area is 170 Å². The molecule has 10 heteroatoms. The van der Waals surface area contributed by atoms with Gasteiger partial charge in [0.2, 0.25) is 0 Å². The molecule has 3 rings (SSSR count). The molecular weight excluding hydrogens is 430 g/mol. The van der Waals surface area contributed by atoms with E-state index in [9.17, 15) is 9.59 Å². The lowest BCUT2D eigenvalue weighted by molar-refractivity contribution is 0.0989. The summed E-state index contributed by atoms with van der Waals surface area (Å²) in [7, 11) is 0. The third kappa shape index (κ3) is 5.69. The van der Waals surface area contributed by atoms with E-state index in [1.807, 2.05) is 18.3 Å². The topological polar surface area (TPSA) is 124 Å². The van der Waals surface area contributed by atoms with Gasteiger partial charge in [-0.05, 0) is 53.2 Å². The Kier molecular flexibility index (Phi) is 6.85. The number of ether oxygens (including phenoxy) is 1. The van der Waals surface area contributed by atoms with E-state index in [2.05, 4.69) is 36.3 Å². The van der Waals surface area contributed by atoms with E-state index in [0.29, 0.717) is 12.5 Å². The summed E-state index contributed by atoms with van der Waals surface area (Å²) in [6.45, 7) is 2.35. The van der Waals surface area contributed by atoms with E-state index < -0.39 is 12.0 Å². The molecule has 0 unspecified atom stereocenters. The highest BCUT2D eigenvalue weighted by molar-refractivity contribution is 9.10. The van der Waals surface area contributed by atoms with Crippen LogP contribution in [0.1, 0.15) is 35.5 Å². The molecule has 28 heavy (non-hydrogen) atoms. The number of hydrogen-bond acceptors (Lipinski definition) is 7. The van der Waals surface area contributed by atoms with Gasteiger partial charge in [0.15, 0.2) is 18.1 Å². The van der Waals surface area contributed by atoms with Gasteiger partial charge in [0.1, 0.15) is 5.82 Å². The van der Waals surface area contributed by atoms with E-state index in [1.165, 1.54) is 6.07 Å². The van der Waals surface area contributed by atoms with Crippen molar-refractivity contribution in [1.82, 2.24) is 15.5 Å². The molecule has 1 aliphatic rings. The van der Waals surface area contributed by atoms with Crippen molar-refractivity contribution in [2.24, 2.45) is 11.7 Å². The molecule has 2 aromatic heterocycles. The fourth-order valence-electron chi connectivity index (χ4n) is 3.07. The number of carbonyl (C=O) groups excluding carboxylic acids is 2. The number of hydrogen-bond donors (Lipinski definition) is 2. The third-order valence-electron chi connectivity index (χ3n) is 4.63. The van der Waals surface area contributed by atoms with Gasteiger partial charge in [-0.3, -0.25) is 4.79 Å². The van der Waals surface area contributed by atoms with E-state index in [0.717, 1.165) is 42.6 Å². The number of piperidine rings is 1. The van der Waals surface area contributed by atoms with Crippen LogP contribution in [0.3, 0.4) is 0 Å². The summed E-state index contributed by atoms with van der Waals surface area (Å²) >= 11 is 3.40. The second-order valence-electron chi connectivity index (χ2n) is 6.60. The maximum Gasteiger partial charge on any atom is 0.407 e. The van der Waals surface area contributed by atoms with Crippen LogP contribution >= 0.6 is 15.9 Å². The first-order valence-electron chi connectivity index (χ1n) is 9.04. The molecule has 150 valence electrons. The number of nitrogens with zero attached hydrogens (tertiary/aromatic N) is 3. The monoisotopic (exact) mass is 451 g/mol. The Bertz CT molecular complexity index is 803. The molecule has 0 aliphatic carbocycles. The first kappa shape index (κ1) is 20.1. The number of rotatable bonds is 7. The molecule has 0 atom stereocenters. The quantitative estimate of drug-likeness (QED) is 0.662. The number of nitrogens with two attached hydrogens (primary N) is 1. The molecule has 2 aromatic rings. The number of halogens is 1. The number of alkyl carbamates (subject to hydrolysis) is 1. The highest BCUT2D eigenvalue weighted by Crippen LogP contribution is 2.24. The Hall–Kier alpha value is -2.62. The molecule has 0 spiro atoms. The maximum atomic E-state index is 11.8. The number of nitrogens with one attached hydrogen (secondary N) is 1. The van der Waals surface area contributed by atoms with Crippen LogP contribution < -0.4 is 16.0 Å². The summed E-state index contributed by atoms with van der Waals surface area (Å²) in [5.74, 6) is 1.12. The number of anilines is 1. The average Bonchev–Trinajstić information content (AvgIpc) is 3.17. The van der Waals surface area contributed by atoms with Crippen molar-refractivity contribution in [3.05, 3.63) is 40.3 Å². The molecule has 3 N–H and O–H groups in total. The van der Waals surface area contributed by atoms with Crippen LogP contribution in [0.4, 0.5) is 10.6 Å². The normalized spacial score (nSPS) is 14.7. The van der Waals surface area contributed by atoms with Gasteiger partial charge in [-0.15, -0.1) is 0 Å². The van der Waals surface area contributed by atoms with Crippen molar-refractivity contribution < 1.29 is 18.8 Å². The van der Waals surface area contributed by atoms with E-state index in [4.69, 9.17) is 15.0 Å². The highest BCUT2D eigenvalue weighted by Gasteiger charge is 2.20. The minimum Gasteiger partial charge on any atom is -0.441 e. The fourth-order valence-corrected chi connectivity index (χ4v) is 3.30. The highest BCUT2D eigenvalue weighted by atomic mass is 79.9. The van der Waals surface area contributed by atoms with Gasteiger partial charge in [-0.25, -0.2) is 9.78 Å². The molecule has 1 fully saturated rings. The molecule has 0 aromatic carbocycles. The van der Waals surface area contributed by atoms with Crippen LogP contribution in [0.25, 0.3) is 0 Å². The second kappa shape index (κ2) is 9.54. The molecule has 0 bridgehead atoms. The van der Waals surface area contributed by atoms with Gasteiger partial charge < -0.3 is 25.2 Å². The Balaban J connectivity index is 1.31. The van der Waals surface area contributed by atoms with Crippen molar-refractivity contribution in [2.75, 3.05) is 24.5 Å². The van der Waals surface area contributed by atoms with Crippen LogP contribution in [0.15, 0.2) is 33.4 Å². The lowest BCUT2D eigenvalue weighted by Gasteiger charge is -2.32. The van der Waals surface area contributed by atoms with Crippen LogP contribution in [0.2, 0.25) is 0 Å². The van der Waals surface area contributed by atoms with Crippen molar-refractivity contribution in [2.45, 2.75) is 25.9 Å². The lowest BCUT2D eigenvalue weighted by atomic mass is 9.93. The predicted octanol–water partition coefficient (Wildman–Crippen LogP) is 2.46. The Morgan fingerprint density at radius 2 is 2.14 bits per heavy atom.